The van der Waals surface area contributed by atoms with E-state index in [9.17, 15) is 9.18 Å². The number of hydrogen-bond donors (Lipinski definition) is 2. The van der Waals surface area contributed by atoms with E-state index in [1.54, 1.807) is 18.2 Å². The summed E-state index contributed by atoms with van der Waals surface area (Å²) in [6.45, 7) is 2.75. The maximum absolute atomic E-state index is 12.0. The van der Waals surface area contributed by atoms with Crippen LogP contribution < -0.4 is 10.5 Å². The van der Waals surface area contributed by atoms with Gasteiger partial charge in [0, 0.05) is 6.42 Å². The zero-order chi connectivity index (χ0) is 13.8. The van der Waals surface area contributed by atoms with E-state index in [2.05, 4.69) is 0 Å². The van der Waals surface area contributed by atoms with Crippen LogP contribution in [-0.4, -0.2) is 29.9 Å². The highest BCUT2D eigenvalue weighted by Crippen LogP contribution is 2.21. The minimum absolute atomic E-state index is 0.0126. The molecular weight excluding hydrogens is 237 g/mol. The SMILES string of the molecule is Cc1ccc(OCCF)cc1CC(C)(N)C(=O)O. The fourth-order valence-corrected chi connectivity index (χ4v) is 1.56. The molecule has 4 nitrogen and oxygen atoms in total. The summed E-state index contributed by atoms with van der Waals surface area (Å²) in [6.07, 6.45) is 0.195. The van der Waals surface area contributed by atoms with Gasteiger partial charge in [0.1, 0.15) is 24.6 Å². The monoisotopic (exact) mass is 255 g/mol. The molecule has 0 radical (unpaired) electrons. The van der Waals surface area contributed by atoms with Crippen molar-refractivity contribution in [3.63, 3.8) is 0 Å². The largest absolute Gasteiger partial charge is 0.491 e. The zero-order valence-electron chi connectivity index (χ0n) is 10.6. The molecule has 0 aliphatic carbocycles. The highest BCUT2D eigenvalue weighted by molar-refractivity contribution is 5.78. The first-order valence-electron chi connectivity index (χ1n) is 5.67. The quantitative estimate of drug-likeness (QED) is 0.811. The number of aryl methyl sites for hydroxylation is 1. The second kappa shape index (κ2) is 5.82. The van der Waals surface area contributed by atoms with Crippen LogP contribution in [0.25, 0.3) is 0 Å². The summed E-state index contributed by atoms with van der Waals surface area (Å²) in [5, 5.41) is 9.00. The van der Waals surface area contributed by atoms with Crippen molar-refractivity contribution < 1.29 is 19.0 Å². The molecular formula is C13H18FNO3. The summed E-state index contributed by atoms with van der Waals surface area (Å²) in [4.78, 5) is 11.0. The Morgan fingerprint density at radius 2 is 2.22 bits per heavy atom. The molecule has 1 aromatic carbocycles. The van der Waals surface area contributed by atoms with Gasteiger partial charge in [0.2, 0.25) is 0 Å². The number of hydrogen-bond acceptors (Lipinski definition) is 3. The van der Waals surface area contributed by atoms with Crippen LogP contribution in [0.1, 0.15) is 18.1 Å². The lowest BCUT2D eigenvalue weighted by atomic mass is 9.91. The number of ether oxygens (including phenoxy) is 1. The van der Waals surface area contributed by atoms with Crippen LogP contribution in [0, 0.1) is 6.92 Å². The smallest absolute Gasteiger partial charge is 0.323 e. The van der Waals surface area contributed by atoms with Gasteiger partial charge in [0.05, 0.1) is 0 Å². The maximum atomic E-state index is 12.0. The van der Waals surface area contributed by atoms with Crippen molar-refractivity contribution in [1.82, 2.24) is 0 Å². The molecule has 0 fully saturated rings. The Bertz CT molecular complexity index is 432. The number of nitrogens with two attached hydrogens (primary N) is 1. The van der Waals surface area contributed by atoms with Crippen molar-refractivity contribution in [2.45, 2.75) is 25.8 Å². The van der Waals surface area contributed by atoms with E-state index < -0.39 is 18.2 Å². The van der Waals surface area contributed by atoms with Gasteiger partial charge in [-0.3, -0.25) is 4.79 Å². The molecule has 0 saturated heterocycles. The molecule has 18 heavy (non-hydrogen) atoms. The Balaban J connectivity index is 2.90. The summed E-state index contributed by atoms with van der Waals surface area (Å²) in [6, 6.07) is 5.24. The summed E-state index contributed by atoms with van der Waals surface area (Å²) in [7, 11) is 0. The van der Waals surface area contributed by atoms with Gasteiger partial charge in [-0.1, -0.05) is 6.07 Å². The molecule has 0 aromatic heterocycles. The van der Waals surface area contributed by atoms with Gasteiger partial charge >= 0.3 is 5.97 Å². The molecule has 0 saturated carbocycles. The zero-order valence-corrected chi connectivity index (χ0v) is 10.6. The second-order valence-electron chi connectivity index (χ2n) is 4.53. The molecule has 1 rings (SSSR count). The van der Waals surface area contributed by atoms with Gasteiger partial charge in [0.25, 0.3) is 0 Å². The van der Waals surface area contributed by atoms with Crippen LogP contribution in [0.5, 0.6) is 5.75 Å². The summed E-state index contributed by atoms with van der Waals surface area (Å²) >= 11 is 0. The van der Waals surface area contributed by atoms with Crippen LogP contribution in [-0.2, 0) is 11.2 Å². The van der Waals surface area contributed by atoms with Crippen molar-refractivity contribution in [2.24, 2.45) is 5.73 Å². The Kier molecular flexibility index (Phi) is 4.67. The fourth-order valence-electron chi connectivity index (χ4n) is 1.56. The molecule has 0 spiro atoms. The number of carboxylic acids is 1. The first-order valence-corrected chi connectivity index (χ1v) is 5.67. The number of benzene rings is 1. The van der Waals surface area contributed by atoms with E-state index in [0.29, 0.717) is 5.75 Å². The molecule has 0 aliphatic heterocycles. The van der Waals surface area contributed by atoms with Gasteiger partial charge in [0.15, 0.2) is 0 Å². The minimum atomic E-state index is -1.33. The molecule has 1 unspecified atom stereocenters. The standard InChI is InChI=1S/C13H18FNO3/c1-9-3-4-11(18-6-5-14)7-10(9)8-13(2,15)12(16)17/h3-4,7H,5-6,8,15H2,1-2H3,(H,16,17). The van der Waals surface area contributed by atoms with Gasteiger partial charge in [-0.25, -0.2) is 4.39 Å². The van der Waals surface area contributed by atoms with Crippen molar-refractivity contribution in [3.8, 4) is 5.75 Å². The van der Waals surface area contributed by atoms with Crippen LogP contribution in [0.15, 0.2) is 18.2 Å². The number of carbonyl (C=O) groups is 1. The van der Waals surface area contributed by atoms with E-state index in [1.165, 1.54) is 6.92 Å². The molecule has 5 heteroatoms. The summed E-state index contributed by atoms with van der Waals surface area (Å²) < 4.78 is 17.2. The number of alkyl halides is 1. The molecule has 100 valence electrons. The Morgan fingerprint density at radius 3 is 2.78 bits per heavy atom. The molecule has 1 aromatic rings. The van der Waals surface area contributed by atoms with E-state index >= 15 is 0 Å². The lowest BCUT2D eigenvalue weighted by Crippen LogP contribution is -2.46. The molecule has 0 aliphatic rings. The van der Waals surface area contributed by atoms with Gasteiger partial charge in [-0.05, 0) is 37.1 Å². The number of aliphatic carboxylic acids is 1. The first kappa shape index (κ1) is 14.4. The van der Waals surface area contributed by atoms with Crippen molar-refractivity contribution in [1.29, 1.82) is 0 Å². The Labute approximate surface area is 106 Å². The van der Waals surface area contributed by atoms with Crippen molar-refractivity contribution >= 4 is 5.97 Å². The third kappa shape index (κ3) is 3.70. The molecule has 3 N–H and O–H groups in total. The predicted molar refractivity (Wildman–Crippen MR) is 66.6 cm³/mol. The molecule has 0 heterocycles. The number of rotatable bonds is 6. The highest BCUT2D eigenvalue weighted by Gasteiger charge is 2.28. The van der Waals surface area contributed by atoms with Crippen LogP contribution in [0.3, 0.4) is 0 Å². The Morgan fingerprint density at radius 1 is 1.56 bits per heavy atom. The maximum Gasteiger partial charge on any atom is 0.323 e. The minimum Gasteiger partial charge on any atom is -0.491 e. The topological polar surface area (TPSA) is 72.5 Å². The lowest BCUT2D eigenvalue weighted by Gasteiger charge is -2.20. The van der Waals surface area contributed by atoms with E-state index in [-0.39, 0.29) is 13.0 Å². The van der Waals surface area contributed by atoms with Crippen LogP contribution in [0.4, 0.5) is 4.39 Å². The van der Waals surface area contributed by atoms with Gasteiger partial charge < -0.3 is 15.6 Å². The van der Waals surface area contributed by atoms with Crippen molar-refractivity contribution in [2.75, 3.05) is 13.3 Å². The third-order valence-corrected chi connectivity index (χ3v) is 2.71. The van der Waals surface area contributed by atoms with E-state index in [1.807, 2.05) is 6.92 Å². The van der Waals surface area contributed by atoms with Crippen LogP contribution in [0.2, 0.25) is 0 Å². The second-order valence-corrected chi connectivity index (χ2v) is 4.53. The fraction of sp³-hybridized carbons (Fsp3) is 0.462. The molecule has 0 amide bonds. The number of carboxylic acid groups (broad SMARTS) is 1. The van der Waals surface area contributed by atoms with E-state index in [0.717, 1.165) is 11.1 Å². The first-order chi connectivity index (χ1) is 8.36. The Hall–Kier alpha value is -1.62. The normalized spacial score (nSPS) is 14.0. The third-order valence-electron chi connectivity index (χ3n) is 2.71. The highest BCUT2D eigenvalue weighted by atomic mass is 19.1. The molecule has 1 atom stereocenters. The van der Waals surface area contributed by atoms with Crippen molar-refractivity contribution in [3.05, 3.63) is 29.3 Å². The van der Waals surface area contributed by atoms with Gasteiger partial charge in [-0.2, -0.15) is 0 Å². The van der Waals surface area contributed by atoms with Gasteiger partial charge in [-0.15, -0.1) is 0 Å². The van der Waals surface area contributed by atoms with Crippen LogP contribution >= 0.6 is 0 Å². The average molecular weight is 255 g/mol. The average Bonchev–Trinajstić information content (AvgIpc) is 2.29. The number of halogens is 1. The molecule has 0 bridgehead atoms. The van der Waals surface area contributed by atoms with E-state index in [4.69, 9.17) is 15.6 Å². The predicted octanol–water partition coefficient (Wildman–Crippen LogP) is 1.69. The summed E-state index contributed by atoms with van der Waals surface area (Å²) in [5.74, 6) is -0.536. The summed E-state index contributed by atoms with van der Waals surface area (Å²) in [5.41, 5.74) is 6.10. The lowest BCUT2D eigenvalue weighted by molar-refractivity contribution is -0.142.